The zero-order valence-corrected chi connectivity index (χ0v) is 57.7. The number of carbonyl (C=O) groups excluding carboxylic acids is 11. The number of nitrogens with two attached hydrogens (primary N) is 2. The Hall–Kier alpha value is -11.4. The molecule has 34 heteroatoms. The summed E-state index contributed by atoms with van der Waals surface area (Å²) in [6.45, 7) is -4.62. The van der Waals surface area contributed by atoms with E-state index in [9.17, 15) is 88.5 Å². The zero-order valence-electron chi connectivity index (χ0n) is 56.9. The Morgan fingerprint density at radius 1 is 0.381 bits per heavy atom. The molecule has 0 aliphatic rings. The van der Waals surface area contributed by atoms with E-state index in [4.69, 9.17) is 11.5 Å². The number of carbonyl (C=O) groups is 12. The van der Waals surface area contributed by atoms with Crippen LogP contribution in [0.15, 0.2) is 140 Å². The first-order valence-corrected chi connectivity index (χ1v) is 34.6. The van der Waals surface area contributed by atoms with Gasteiger partial charge in [0.25, 0.3) is 0 Å². The van der Waals surface area contributed by atoms with Crippen molar-refractivity contribution < 1.29 is 93.3 Å². The molecule has 2 aromatic heterocycles. The molecule has 0 aliphatic heterocycles. The predicted molar refractivity (Wildman–Crippen MR) is 382 cm³/mol. The number of aromatic nitrogens is 2. The SMILES string of the molecule is CSCC[C@H](N)C(=O)N[C@@H](Cc1ccc(O)cc1)C(=O)N[C@@H](Cc1c[nH]c2ccccc12)C(=O)N[C@@H](Cc1ccc(O)cc1)C(=O)N[C@@H](CO)C(=O)N[C@@H](Cc1ccccc1)C(=O)N[C@@H](CCC(N)=O)C(=O)N[C@@H](CO)C(=O)N[C@@H](CO)C(=O)N[C@@H](CO)C(=O)N[C@@H](Cc1c[nH]c2ccccc12)C(=O)O. The van der Waals surface area contributed by atoms with Crippen LogP contribution in [0, 0.1) is 0 Å². The number of rotatable bonds is 41. The number of amides is 11. The number of hydrogen-bond acceptors (Lipinski definition) is 20. The molecule has 0 bridgehead atoms. The van der Waals surface area contributed by atoms with Crippen LogP contribution in [0.25, 0.3) is 21.8 Å². The molecule has 7 aromatic rings. The van der Waals surface area contributed by atoms with E-state index in [1.54, 1.807) is 91.3 Å². The van der Waals surface area contributed by atoms with Crippen molar-refractivity contribution in [1.82, 2.24) is 63.1 Å². The monoisotopic (exact) mass is 1470 g/mol. The summed E-state index contributed by atoms with van der Waals surface area (Å²) in [6, 6.07) is 15.1. The molecule has 0 saturated heterocycles. The van der Waals surface area contributed by atoms with Gasteiger partial charge in [-0.1, -0.05) is 91.0 Å². The number of aliphatic hydroxyl groups is 4. The Morgan fingerprint density at radius 2 is 0.686 bits per heavy atom. The number of aliphatic carboxylic acids is 1. The molecule has 0 aliphatic carbocycles. The molecule has 5 aromatic carbocycles. The van der Waals surface area contributed by atoms with Crippen LogP contribution in [-0.2, 0) is 89.6 Å². The first kappa shape index (κ1) is 80.9. The molecule has 23 N–H and O–H groups in total. The van der Waals surface area contributed by atoms with Crippen molar-refractivity contribution in [3.8, 4) is 11.5 Å². The van der Waals surface area contributed by atoms with Crippen molar-refractivity contribution in [1.29, 1.82) is 0 Å². The van der Waals surface area contributed by atoms with Gasteiger partial charge in [0, 0.05) is 72.7 Å². The molecule has 2 heterocycles. The van der Waals surface area contributed by atoms with Crippen molar-refractivity contribution in [2.45, 2.75) is 118 Å². The Morgan fingerprint density at radius 3 is 1.06 bits per heavy atom. The standard InChI is InChI=1S/C71H86N14O19S/c1-105-26-25-47(72)61(93)77-51(28-39-15-19-43(90)20-16-39)64(96)80-54(30-41-32-74-48-13-7-5-11-45(41)48)66(98)78-53(29-40-17-21-44(91)22-18-40)65(97)83-56(34-86)67(99)79-52(27-38-9-3-2-4-10-38)63(95)76-50(23-24-60(73)92)62(94)82-58(36-88)69(101)85-59(37-89)70(102)84-57(35-87)68(100)81-55(71(103)104)31-42-33-75-49-14-8-6-12-46(42)49/h2-22,32-33,47,50-59,74-75,86-91H,23-31,34-37,72H2,1H3,(H2,73,92)(H,76,95)(H,77,93)(H,78,98)(H,79,99)(H,80,96)(H,81,100)(H,82,94)(H,83,97)(H,84,102)(H,85,101)(H,103,104)/t47-,50-,51-,52-,53-,54-,55-,56-,57-,58-,59-/m0/s1. The number of carboxylic acid groups (broad SMARTS) is 1. The van der Waals surface area contributed by atoms with Crippen LogP contribution < -0.4 is 64.6 Å². The number of carboxylic acids is 1. The molecule has 105 heavy (non-hydrogen) atoms. The van der Waals surface area contributed by atoms with E-state index in [0.717, 1.165) is 0 Å². The highest BCUT2D eigenvalue weighted by Gasteiger charge is 2.37. The van der Waals surface area contributed by atoms with E-state index in [-0.39, 0.29) is 50.0 Å². The number of nitrogens with one attached hydrogen (secondary N) is 12. The lowest BCUT2D eigenvalue weighted by atomic mass is 10.00. The number of aromatic hydroxyl groups is 2. The van der Waals surface area contributed by atoms with Gasteiger partial charge < -0.3 is 110 Å². The van der Waals surface area contributed by atoms with Crippen molar-refractivity contribution in [3.63, 3.8) is 0 Å². The third-order valence-corrected chi connectivity index (χ3v) is 17.6. The highest BCUT2D eigenvalue weighted by Crippen LogP contribution is 2.22. The van der Waals surface area contributed by atoms with Gasteiger partial charge >= 0.3 is 5.97 Å². The summed E-state index contributed by atoms with van der Waals surface area (Å²) in [5, 5.41) is 97.1. The third kappa shape index (κ3) is 24.1. The number of H-pyrrole nitrogens is 2. The van der Waals surface area contributed by atoms with Crippen LogP contribution >= 0.6 is 11.8 Å². The summed E-state index contributed by atoms with van der Waals surface area (Å²) >= 11 is 1.46. The van der Waals surface area contributed by atoms with Crippen LogP contribution in [0.2, 0.25) is 0 Å². The molecule has 0 fully saturated rings. The van der Waals surface area contributed by atoms with Gasteiger partial charge in [0.05, 0.1) is 32.5 Å². The molecular formula is C71H86N14O19S. The molecule has 0 radical (unpaired) electrons. The highest BCUT2D eigenvalue weighted by molar-refractivity contribution is 7.98. The van der Waals surface area contributed by atoms with Gasteiger partial charge in [-0.25, -0.2) is 4.79 Å². The summed E-state index contributed by atoms with van der Waals surface area (Å²) in [7, 11) is 0. The number of hydrogen-bond donors (Lipinski definition) is 21. The third-order valence-electron chi connectivity index (χ3n) is 16.9. The number of fused-ring (bicyclic) bond motifs is 2. The number of para-hydroxylation sites is 2. The lowest BCUT2D eigenvalue weighted by molar-refractivity contribution is -0.142. The first-order valence-electron chi connectivity index (χ1n) is 33.2. The molecule has 560 valence electrons. The second kappa shape index (κ2) is 39.8. The summed E-state index contributed by atoms with van der Waals surface area (Å²) in [6.07, 6.45) is 2.85. The number of primary amides is 1. The molecular weight excluding hydrogens is 1380 g/mol. The fourth-order valence-electron chi connectivity index (χ4n) is 11.1. The highest BCUT2D eigenvalue weighted by atomic mass is 32.2. The van der Waals surface area contributed by atoms with Gasteiger partial charge in [-0.15, -0.1) is 0 Å². The molecule has 7 rings (SSSR count). The largest absolute Gasteiger partial charge is 0.508 e. The topological polar surface area (TPSA) is 550 Å². The van der Waals surface area contributed by atoms with E-state index >= 15 is 4.79 Å². The van der Waals surface area contributed by atoms with Gasteiger partial charge in [0.2, 0.25) is 65.0 Å². The minimum absolute atomic E-state index is 0.0660. The van der Waals surface area contributed by atoms with Crippen LogP contribution in [0.1, 0.15) is 47.1 Å². The van der Waals surface area contributed by atoms with E-state index in [2.05, 4.69) is 63.1 Å². The Labute approximate surface area is 605 Å². The maximum atomic E-state index is 15.0. The van der Waals surface area contributed by atoms with Gasteiger partial charge in [-0.05, 0) is 89.1 Å². The predicted octanol–water partition coefficient (Wildman–Crippen LogP) is -3.18. The number of aromatic amines is 2. The minimum Gasteiger partial charge on any atom is -0.508 e. The molecule has 0 saturated carbocycles. The normalized spacial score (nSPS) is 14.3. The van der Waals surface area contributed by atoms with Gasteiger partial charge in [0.1, 0.15) is 71.9 Å². The van der Waals surface area contributed by atoms with E-state index in [1.807, 2.05) is 6.26 Å². The van der Waals surface area contributed by atoms with Crippen LogP contribution in [0.3, 0.4) is 0 Å². The maximum absolute atomic E-state index is 15.0. The average Bonchev–Trinajstić information content (AvgIpc) is 1.72. The summed E-state index contributed by atoms with van der Waals surface area (Å²) in [4.78, 5) is 172. The average molecular weight is 1470 g/mol. The van der Waals surface area contributed by atoms with Crippen LogP contribution in [-0.4, -0.2) is 222 Å². The van der Waals surface area contributed by atoms with E-state index < -0.39 is 177 Å². The number of thioether (sulfide) groups is 1. The van der Waals surface area contributed by atoms with Crippen LogP contribution in [0.4, 0.5) is 0 Å². The molecule has 0 unspecified atom stereocenters. The first-order chi connectivity index (χ1) is 50.3. The van der Waals surface area contributed by atoms with E-state index in [1.165, 1.54) is 60.3 Å². The molecule has 33 nitrogen and oxygen atoms in total. The molecule has 11 amide bonds. The number of benzene rings is 5. The van der Waals surface area contributed by atoms with Crippen molar-refractivity contribution in [3.05, 3.63) is 168 Å². The van der Waals surface area contributed by atoms with Gasteiger partial charge in [0.15, 0.2) is 0 Å². The van der Waals surface area contributed by atoms with Gasteiger partial charge in [-0.3, -0.25) is 52.7 Å². The Kier molecular flexibility index (Phi) is 30.7. The second-order valence-electron chi connectivity index (χ2n) is 24.6. The zero-order chi connectivity index (χ0) is 76.3. The van der Waals surface area contributed by atoms with Crippen LogP contribution in [0.5, 0.6) is 11.5 Å². The Bertz CT molecular complexity index is 4160. The van der Waals surface area contributed by atoms with Crippen molar-refractivity contribution in [2.75, 3.05) is 38.4 Å². The number of aliphatic hydroxyl groups excluding tert-OH is 4. The number of phenolic OH excluding ortho intramolecular Hbond substituents is 2. The minimum atomic E-state index is -1.99. The fourth-order valence-corrected chi connectivity index (χ4v) is 11.6. The lowest BCUT2D eigenvalue weighted by Crippen LogP contribution is -2.62. The molecule has 11 atom stereocenters. The number of phenols is 2. The Balaban J connectivity index is 1.07. The lowest BCUT2D eigenvalue weighted by Gasteiger charge is -2.28. The quantitative estimate of drug-likeness (QED) is 0.0180. The smallest absolute Gasteiger partial charge is 0.326 e. The van der Waals surface area contributed by atoms with Gasteiger partial charge in [-0.2, -0.15) is 11.8 Å². The fraction of sp³-hybridized carbons (Fsp3) is 0.352. The second-order valence-corrected chi connectivity index (χ2v) is 25.6. The van der Waals surface area contributed by atoms with Crippen molar-refractivity contribution in [2.24, 2.45) is 11.5 Å². The summed E-state index contributed by atoms with van der Waals surface area (Å²) in [5.41, 5.74) is 15.4. The summed E-state index contributed by atoms with van der Waals surface area (Å²) in [5.74, 6) is -13.1. The molecule has 0 spiro atoms. The summed E-state index contributed by atoms with van der Waals surface area (Å²) < 4.78 is 0. The maximum Gasteiger partial charge on any atom is 0.326 e. The van der Waals surface area contributed by atoms with E-state index in [0.29, 0.717) is 55.4 Å². The van der Waals surface area contributed by atoms with Crippen molar-refractivity contribution >= 4 is 105 Å².